The predicted octanol–water partition coefficient (Wildman–Crippen LogP) is 1.19. The van der Waals surface area contributed by atoms with Crippen molar-refractivity contribution < 1.29 is 19.4 Å². The highest BCUT2D eigenvalue weighted by Crippen LogP contribution is 2.27. The zero-order chi connectivity index (χ0) is 14.6. The van der Waals surface area contributed by atoms with Crippen molar-refractivity contribution in [3.05, 3.63) is 0 Å². The summed E-state index contributed by atoms with van der Waals surface area (Å²) in [6.07, 6.45) is 3.93. The number of hydrogen-bond acceptors (Lipinski definition) is 4. The fourth-order valence-corrected chi connectivity index (χ4v) is 3.24. The second kappa shape index (κ2) is 6.87. The van der Waals surface area contributed by atoms with Gasteiger partial charge in [0.05, 0.1) is 17.6 Å². The number of nitrogens with zero attached hydrogens (tertiary/aromatic N) is 1. The number of hydrogen-bond donors (Lipinski definition) is 1. The van der Waals surface area contributed by atoms with Gasteiger partial charge in [-0.1, -0.05) is 6.92 Å². The van der Waals surface area contributed by atoms with Crippen molar-refractivity contribution in [2.75, 3.05) is 33.4 Å². The number of carbonyl (C=O) groups excluding carboxylic acids is 1. The topological polar surface area (TPSA) is 59.0 Å². The van der Waals surface area contributed by atoms with Crippen LogP contribution in [0.15, 0.2) is 0 Å². The van der Waals surface area contributed by atoms with Crippen LogP contribution >= 0.6 is 0 Å². The number of likely N-dealkylation sites (N-methyl/N-ethyl adjacent to an activating group) is 1. The Morgan fingerprint density at radius 2 is 2.05 bits per heavy atom. The first kappa shape index (κ1) is 15.7. The van der Waals surface area contributed by atoms with E-state index >= 15 is 0 Å². The molecule has 0 aromatic carbocycles. The minimum absolute atomic E-state index is 0.0306. The molecular weight excluding hydrogens is 258 g/mol. The Morgan fingerprint density at radius 1 is 1.35 bits per heavy atom. The molecule has 116 valence electrons. The maximum atomic E-state index is 12.6. The molecular formula is C15H27NO4. The van der Waals surface area contributed by atoms with Crippen molar-refractivity contribution in [1.82, 2.24) is 4.90 Å². The molecule has 0 radical (unpaired) electrons. The molecule has 0 aliphatic carbocycles. The van der Waals surface area contributed by atoms with Crippen LogP contribution in [0.5, 0.6) is 0 Å². The average Bonchev–Trinajstić information content (AvgIpc) is 2.46. The summed E-state index contributed by atoms with van der Waals surface area (Å²) < 4.78 is 11.0. The number of aliphatic hydroxyl groups is 1. The van der Waals surface area contributed by atoms with E-state index in [1.165, 1.54) is 0 Å². The molecule has 2 heterocycles. The molecule has 5 nitrogen and oxygen atoms in total. The maximum Gasteiger partial charge on any atom is 0.228 e. The predicted molar refractivity (Wildman–Crippen MR) is 75.4 cm³/mol. The van der Waals surface area contributed by atoms with E-state index in [2.05, 4.69) is 6.92 Å². The molecule has 2 fully saturated rings. The summed E-state index contributed by atoms with van der Waals surface area (Å²) in [7, 11) is 1.79. The van der Waals surface area contributed by atoms with Crippen molar-refractivity contribution in [3.63, 3.8) is 0 Å². The molecule has 2 aliphatic rings. The fourth-order valence-electron chi connectivity index (χ4n) is 3.24. The molecule has 0 saturated carbocycles. The van der Waals surface area contributed by atoms with Crippen LogP contribution in [0, 0.1) is 5.92 Å². The van der Waals surface area contributed by atoms with E-state index < -0.39 is 5.60 Å². The highest BCUT2D eigenvalue weighted by Gasteiger charge is 2.37. The van der Waals surface area contributed by atoms with E-state index in [-0.39, 0.29) is 17.9 Å². The summed E-state index contributed by atoms with van der Waals surface area (Å²) in [6, 6.07) is 0. The highest BCUT2D eigenvalue weighted by molar-refractivity contribution is 5.79. The Balaban J connectivity index is 1.93. The van der Waals surface area contributed by atoms with Crippen LogP contribution < -0.4 is 0 Å². The first-order valence-corrected chi connectivity index (χ1v) is 7.72. The second-order valence-electron chi connectivity index (χ2n) is 6.10. The van der Waals surface area contributed by atoms with E-state index in [4.69, 9.17) is 9.47 Å². The zero-order valence-corrected chi connectivity index (χ0v) is 12.6. The fraction of sp³-hybridized carbons (Fsp3) is 0.933. The van der Waals surface area contributed by atoms with E-state index in [1.54, 1.807) is 11.9 Å². The largest absolute Gasteiger partial charge is 0.388 e. The summed E-state index contributed by atoms with van der Waals surface area (Å²) in [4.78, 5) is 14.3. The average molecular weight is 285 g/mol. The van der Waals surface area contributed by atoms with Gasteiger partial charge in [0, 0.05) is 46.3 Å². The SMILES string of the molecule is CCC1OCCCC1C(=O)N(C)CC1(O)CCOCC1. The molecule has 1 N–H and O–H groups in total. The minimum atomic E-state index is -0.792. The van der Waals surface area contributed by atoms with Crippen LogP contribution in [0.4, 0.5) is 0 Å². The third-order valence-electron chi connectivity index (χ3n) is 4.49. The van der Waals surface area contributed by atoms with Crippen molar-refractivity contribution in [2.24, 2.45) is 5.92 Å². The summed E-state index contributed by atoms with van der Waals surface area (Å²) in [5.41, 5.74) is -0.792. The standard InChI is InChI=1S/C15H27NO4/c1-3-13-12(5-4-8-20-13)14(17)16(2)11-15(18)6-9-19-10-7-15/h12-13,18H,3-11H2,1-2H3. The minimum Gasteiger partial charge on any atom is -0.388 e. The van der Waals surface area contributed by atoms with Gasteiger partial charge < -0.3 is 19.5 Å². The molecule has 1 amide bonds. The van der Waals surface area contributed by atoms with Crippen LogP contribution in [0.1, 0.15) is 39.0 Å². The van der Waals surface area contributed by atoms with Crippen molar-refractivity contribution in [2.45, 2.75) is 50.7 Å². The molecule has 0 bridgehead atoms. The van der Waals surface area contributed by atoms with Gasteiger partial charge >= 0.3 is 0 Å². The third-order valence-corrected chi connectivity index (χ3v) is 4.49. The van der Waals surface area contributed by atoms with Crippen LogP contribution in [0.2, 0.25) is 0 Å². The van der Waals surface area contributed by atoms with Gasteiger partial charge in [0.25, 0.3) is 0 Å². The molecule has 0 aromatic heterocycles. The zero-order valence-electron chi connectivity index (χ0n) is 12.6. The van der Waals surface area contributed by atoms with Crippen LogP contribution in [-0.2, 0) is 14.3 Å². The van der Waals surface area contributed by atoms with E-state index in [0.717, 1.165) is 25.9 Å². The number of rotatable bonds is 4. The van der Waals surface area contributed by atoms with Gasteiger partial charge in [0.1, 0.15) is 0 Å². The van der Waals surface area contributed by atoms with Gasteiger partial charge in [-0.25, -0.2) is 0 Å². The van der Waals surface area contributed by atoms with Gasteiger partial charge in [-0.15, -0.1) is 0 Å². The highest BCUT2D eigenvalue weighted by atomic mass is 16.5. The van der Waals surface area contributed by atoms with Crippen LogP contribution in [0.25, 0.3) is 0 Å². The van der Waals surface area contributed by atoms with E-state index in [1.807, 2.05) is 0 Å². The van der Waals surface area contributed by atoms with Crippen molar-refractivity contribution in [1.29, 1.82) is 0 Å². The Hall–Kier alpha value is -0.650. The summed E-state index contributed by atoms with van der Waals surface area (Å²) >= 11 is 0. The first-order valence-electron chi connectivity index (χ1n) is 7.72. The summed E-state index contributed by atoms with van der Waals surface area (Å²) in [5, 5.41) is 10.5. The molecule has 0 spiro atoms. The molecule has 20 heavy (non-hydrogen) atoms. The van der Waals surface area contributed by atoms with Crippen LogP contribution in [-0.4, -0.2) is 61.0 Å². The quantitative estimate of drug-likeness (QED) is 0.843. The van der Waals surface area contributed by atoms with E-state index in [9.17, 15) is 9.90 Å². The molecule has 2 aliphatic heterocycles. The monoisotopic (exact) mass is 285 g/mol. The first-order chi connectivity index (χ1) is 9.56. The number of amides is 1. The van der Waals surface area contributed by atoms with Gasteiger partial charge in [-0.3, -0.25) is 4.79 Å². The Labute approximate surface area is 121 Å². The lowest BCUT2D eigenvalue weighted by atomic mass is 9.89. The number of ether oxygens (including phenoxy) is 2. The number of carbonyl (C=O) groups is 1. The molecule has 2 atom stereocenters. The van der Waals surface area contributed by atoms with Gasteiger partial charge in [0.2, 0.25) is 5.91 Å². The Morgan fingerprint density at radius 3 is 2.70 bits per heavy atom. The van der Waals surface area contributed by atoms with E-state index in [0.29, 0.717) is 32.6 Å². The van der Waals surface area contributed by atoms with Gasteiger partial charge in [-0.05, 0) is 19.3 Å². The molecule has 2 rings (SSSR count). The van der Waals surface area contributed by atoms with Crippen molar-refractivity contribution in [3.8, 4) is 0 Å². The lowest BCUT2D eigenvalue weighted by molar-refractivity contribution is -0.149. The maximum absolute atomic E-state index is 12.6. The summed E-state index contributed by atoms with van der Waals surface area (Å²) in [5.74, 6) is 0.0543. The Bertz CT molecular complexity index is 328. The smallest absolute Gasteiger partial charge is 0.228 e. The molecule has 2 unspecified atom stereocenters. The Kier molecular flexibility index (Phi) is 5.41. The summed E-state index contributed by atoms with van der Waals surface area (Å²) in [6.45, 7) is 4.35. The van der Waals surface area contributed by atoms with Gasteiger partial charge in [0.15, 0.2) is 0 Å². The molecule has 0 aromatic rings. The van der Waals surface area contributed by atoms with Gasteiger partial charge in [-0.2, -0.15) is 0 Å². The lowest BCUT2D eigenvalue weighted by Crippen LogP contribution is -2.50. The van der Waals surface area contributed by atoms with Crippen LogP contribution in [0.3, 0.4) is 0 Å². The second-order valence-corrected chi connectivity index (χ2v) is 6.10. The molecule has 2 saturated heterocycles. The van der Waals surface area contributed by atoms with Crippen molar-refractivity contribution >= 4 is 5.91 Å². The molecule has 5 heteroatoms. The third kappa shape index (κ3) is 3.71. The normalized spacial score (nSPS) is 29.9. The lowest BCUT2D eigenvalue weighted by Gasteiger charge is -2.38.